The van der Waals surface area contributed by atoms with E-state index in [1.54, 1.807) is 4.90 Å². The standard InChI is InChI=1S/C16H23N3O2/c1-12-14(7-9-18-12)16(21)19(10-8-15(17)20)11-13-5-3-2-4-6-13/h2-6,12,14,18H,7-11H2,1H3,(H2,17,20). The second-order valence-corrected chi connectivity index (χ2v) is 5.60. The van der Waals surface area contributed by atoms with Crippen LogP contribution >= 0.6 is 0 Å². The van der Waals surface area contributed by atoms with Crippen molar-refractivity contribution in [1.29, 1.82) is 0 Å². The summed E-state index contributed by atoms with van der Waals surface area (Å²) in [5.74, 6) is -0.280. The van der Waals surface area contributed by atoms with Crippen LogP contribution in [0.4, 0.5) is 0 Å². The summed E-state index contributed by atoms with van der Waals surface area (Å²) in [6.07, 6.45) is 1.05. The summed E-state index contributed by atoms with van der Waals surface area (Å²) >= 11 is 0. The van der Waals surface area contributed by atoms with Crippen LogP contribution in [-0.2, 0) is 16.1 Å². The van der Waals surface area contributed by atoms with Crippen molar-refractivity contribution in [2.45, 2.75) is 32.4 Å². The first-order valence-electron chi connectivity index (χ1n) is 7.42. The Bertz CT molecular complexity index is 490. The average Bonchev–Trinajstić information content (AvgIpc) is 2.90. The second kappa shape index (κ2) is 7.22. The van der Waals surface area contributed by atoms with E-state index in [1.807, 2.05) is 37.3 Å². The number of carbonyl (C=O) groups excluding carboxylic acids is 2. The molecular weight excluding hydrogens is 266 g/mol. The highest BCUT2D eigenvalue weighted by Gasteiger charge is 2.32. The Balaban J connectivity index is 2.07. The summed E-state index contributed by atoms with van der Waals surface area (Å²) in [5, 5.41) is 3.29. The summed E-state index contributed by atoms with van der Waals surface area (Å²) in [6.45, 7) is 3.80. The number of carbonyl (C=O) groups is 2. The predicted molar refractivity (Wildman–Crippen MR) is 81.2 cm³/mol. The van der Waals surface area contributed by atoms with Crippen molar-refractivity contribution >= 4 is 11.8 Å². The van der Waals surface area contributed by atoms with Crippen molar-refractivity contribution in [3.8, 4) is 0 Å². The molecule has 1 heterocycles. The number of nitrogens with one attached hydrogen (secondary N) is 1. The monoisotopic (exact) mass is 289 g/mol. The number of benzene rings is 1. The van der Waals surface area contributed by atoms with Crippen molar-refractivity contribution in [2.75, 3.05) is 13.1 Å². The van der Waals surface area contributed by atoms with Gasteiger partial charge in [-0.1, -0.05) is 30.3 Å². The molecule has 1 aliphatic heterocycles. The van der Waals surface area contributed by atoms with Gasteiger partial charge in [0, 0.05) is 25.6 Å². The van der Waals surface area contributed by atoms with Crippen LogP contribution in [0, 0.1) is 5.92 Å². The third-order valence-electron chi connectivity index (χ3n) is 4.00. The maximum atomic E-state index is 12.7. The van der Waals surface area contributed by atoms with Gasteiger partial charge in [-0.15, -0.1) is 0 Å². The fourth-order valence-electron chi connectivity index (χ4n) is 2.75. The molecule has 5 nitrogen and oxygen atoms in total. The van der Waals surface area contributed by atoms with E-state index in [4.69, 9.17) is 5.73 Å². The third-order valence-corrected chi connectivity index (χ3v) is 4.00. The molecule has 2 rings (SSSR count). The molecule has 0 bridgehead atoms. The highest BCUT2D eigenvalue weighted by Crippen LogP contribution is 2.19. The van der Waals surface area contributed by atoms with Crippen LogP contribution in [-0.4, -0.2) is 35.8 Å². The van der Waals surface area contributed by atoms with Crippen LogP contribution < -0.4 is 11.1 Å². The summed E-state index contributed by atoms with van der Waals surface area (Å²) in [7, 11) is 0. The van der Waals surface area contributed by atoms with E-state index >= 15 is 0 Å². The first-order valence-corrected chi connectivity index (χ1v) is 7.42. The zero-order chi connectivity index (χ0) is 15.2. The Hall–Kier alpha value is -1.88. The molecule has 0 aromatic heterocycles. The molecule has 5 heteroatoms. The van der Waals surface area contributed by atoms with Crippen molar-refractivity contribution < 1.29 is 9.59 Å². The first kappa shape index (κ1) is 15.5. The lowest BCUT2D eigenvalue weighted by Gasteiger charge is -2.27. The minimum absolute atomic E-state index is 0.0124. The lowest BCUT2D eigenvalue weighted by molar-refractivity contribution is -0.136. The molecule has 2 amide bonds. The van der Waals surface area contributed by atoms with Gasteiger partial charge in [-0.05, 0) is 25.5 Å². The van der Waals surface area contributed by atoms with Gasteiger partial charge in [0.2, 0.25) is 11.8 Å². The van der Waals surface area contributed by atoms with Gasteiger partial charge in [-0.2, -0.15) is 0 Å². The number of nitrogens with zero attached hydrogens (tertiary/aromatic N) is 1. The van der Waals surface area contributed by atoms with E-state index in [1.165, 1.54) is 0 Å². The molecule has 0 radical (unpaired) electrons. The number of rotatable bonds is 6. The SMILES string of the molecule is CC1NCCC1C(=O)N(CCC(N)=O)Cc1ccccc1. The highest BCUT2D eigenvalue weighted by molar-refractivity contribution is 5.81. The zero-order valence-corrected chi connectivity index (χ0v) is 12.4. The Labute approximate surface area is 125 Å². The number of hydrogen-bond acceptors (Lipinski definition) is 3. The predicted octanol–water partition coefficient (Wildman–Crippen LogP) is 0.889. The lowest BCUT2D eigenvalue weighted by atomic mass is 10.00. The molecule has 114 valence electrons. The summed E-state index contributed by atoms with van der Waals surface area (Å²) in [6, 6.07) is 10.0. The molecule has 1 aromatic rings. The number of nitrogens with two attached hydrogens (primary N) is 1. The molecule has 1 saturated heterocycles. The fourth-order valence-corrected chi connectivity index (χ4v) is 2.75. The van der Waals surface area contributed by atoms with E-state index in [0.717, 1.165) is 18.5 Å². The molecule has 21 heavy (non-hydrogen) atoms. The Morgan fingerprint density at radius 1 is 1.33 bits per heavy atom. The van der Waals surface area contributed by atoms with Crippen LogP contribution in [0.5, 0.6) is 0 Å². The maximum Gasteiger partial charge on any atom is 0.227 e. The largest absolute Gasteiger partial charge is 0.370 e. The lowest BCUT2D eigenvalue weighted by Crippen LogP contribution is -2.41. The van der Waals surface area contributed by atoms with Crippen LogP contribution in [0.25, 0.3) is 0 Å². The molecule has 0 spiro atoms. The van der Waals surface area contributed by atoms with Gasteiger partial charge in [-0.25, -0.2) is 0 Å². The quantitative estimate of drug-likeness (QED) is 0.816. The smallest absolute Gasteiger partial charge is 0.227 e. The van der Waals surface area contributed by atoms with Gasteiger partial charge < -0.3 is 16.0 Å². The van der Waals surface area contributed by atoms with Gasteiger partial charge in [0.15, 0.2) is 0 Å². The van der Waals surface area contributed by atoms with Crippen LogP contribution in [0.2, 0.25) is 0 Å². The van der Waals surface area contributed by atoms with E-state index in [-0.39, 0.29) is 30.2 Å². The Morgan fingerprint density at radius 2 is 2.05 bits per heavy atom. The molecule has 2 atom stereocenters. The van der Waals surface area contributed by atoms with Gasteiger partial charge in [0.1, 0.15) is 0 Å². The maximum absolute atomic E-state index is 12.7. The topological polar surface area (TPSA) is 75.4 Å². The van der Waals surface area contributed by atoms with Gasteiger partial charge in [0.05, 0.1) is 5.92 Å². The minimum atomic E-state index is -0.376. The van der Waals surface area contributed by atoms with E-state index in [9.17, 15) is 9.59 Å². The van der Waals surface area contributed by atoms with Crippen molar-refractivity contribution in [3.63, 3.8) is 0 Å². The summed E-state index contributed by atoms with van der Waals surface area (Å²) in [4.78, 5) is 25.5. The van der Waals surface area contributed by atoms with Crippen molar-refractivity contribution in [1.82, 2.24) is 10.2 Å². The van der Waals surface area contributed by atoms with E-state index < -0.39 is 0 Å². The average molecular weight is 289 g/mol. The Morgan fingerprint density at radius 3 is 2.62 bits per heavy atom. The van der Waals surface area contributed by atoms with Crippen molar-refractivity contribution in [2.24, 2.45) is 11.7 Å². The van der Waals surface area contributed by atoms with E-state index in [2.05, 4.69) is 5.32 Å². The first-order chi connectivity index (χ1) is 10.1. The van der Waals surface area contributed by atoms with Gasteiger partial charge >= 0.3 is 0 Å². The molecule has 1 fully saturated rings. The zero-order valence-electron chi connectivity index (χ0n) is 12.4. The Kier molecular flexibility index (Phi) is 5.33. The molecule has 0 aliphatic carbocycles. The molecular formula is C16H23N3O2. The number of primary amides is 1. The molecule has 2 unspecified atom stereocenters. The van der Waals surface area contributed by atoms with Gasteiger partial charge in [0.25, 0.3) is 0 Å². The summed E-state index contributed by atoms with van der Waals surface area (Å²) in [5.41, 5.74) is 6.29. The van der Waals surface area contributed by atoms with E-state index in [0.29, 0.717) is 13.1 Å². The molecule has 1 aromatic carbocycles. The van der Waals surface area contributed by atoms with Crippen LogP contribution in [0.15, 0.2) is 30.3 Å². The van der Waals surface area contributed by atoms with Gasteiger partial charge in [-0.3, -0.25) is 9.59 Å². The highest BCUT2D eigenvalue weighted by atomic mass is 16.2. The van der Waals surface area contributed by atoms with Crippen LogP contribution in [0.3, 0.4) is 0 Å². The van der Waals surface area contributed by atoms with Crippen molar-refractivity contribution in [3.05, 3.63) is 35.9 Å². The normalized spacial score (nSPS) is 21.2. The fraction of sp³-hybridized carbons (Fsp3) is 0.500. The number of amides is 2. The molecule has 0 saturated carbocycles. The number of hydrogen-bond donors (Lipinski definition) is 2. The minimum Gasteiger partial charge on any atom is -0.370 e. The third kappa shape index (κ3) is 4.29. The molecule has 1 aliphatic rings. The van der Waals surface area contributed by atoms with Crippen LogP contribution in [0.1, 0.15) is 25.3 Å². The second-order valence-electron chi connectivity index (χ2n) is 5.60. The molecule has 3 N–H and O–H groups in total. The summed E-state index contributed by atoms with van der Waals surface area (Å²) < 4.78 is 0.